The molecule has 0 aliphatic heterocycles. The molecule has 0 bridgehead atoms. The molecule has 1 rings (SSSR count). The Kier molecular flexibility index (Phi) is 5.23. The van der Waals surface area contributed by atoms with Crippen LogP contribution in [0.5, 0.6) is 0 Å². The Bertz CT molecular complexity index is 428. The van der Waals surface area contributed by atoms with Crippen LogP contribution in [0.15, 0.2) is 9.95 Å². The van der Waals surface area contributed by atoms with E-state index < -0.39 is 11.2 Å². The van der Waals surface area contributed by atoms with Crippen LogP contribution in [0.3, 0.4) is 0 Å². The van der Waals surface area contributed by atoms with Gasteiger partial charge in [-0.15, -0.1) is 5.10 Å². The third-order valence-corrected chi connectivity index (χ3v) is 3.16. The SMILES string of the molecule is CCCn1c(SC(COC)C(=O)O)n[nH]c1=O. The van der Waals surface area contributed by atoms with E-state index >= 15 is 0 Å². The Morgan fingerprint density at radius 2 is 2.41 bits per heavy atom. The molecule has 7 nitrogen and oxygen atoms in total. The summed E-state index contributed by atoms with van der Waals surface area (Å²) in [4.78, 5) is 22.3. The Balaban J connectivity index is 2.85. The Morgan fingerprint density at radius 3 is 2.94 bits per heavy atom. The van der Waals surface area contributed by atoms with Crippen LogP contribution in [0.25, 0.3) is 0 Å². The zero-order valence-electron chi connectivity index (χ0n) is 9.67. The largest absolute Gasteiger partial charge is 0.480 e. The van der Waals surface area contributed by atoms with Crippen LogP contribution in [-0.2, 0) is 16.1 Å². The van der Waals surface area contributed by atoms with Crippen molar-refractivity contribution in [1.29, 1.82) is 0 Å². The predicted molar refractivity (Wildman–Crippen MR) is 62.3 cm³/mol. The minimum atomic E-state index is -0.990. The zero-order chi connectivity index (χ0) is 12.8. The number of hydrogen-bond acceptors (Lipinski definition) is 5. The van der Waals surface area contributed by atoms with Crippen LogP contribution in [0.2, 0.25) is 0 Å². The number of carbonyl (C=O) groups is 1. The van der Waals surface area contributed by atoms with Crippen LogP contribution in [0.1, 0.15) is 13.3 Å². The van der Waals surface area contributed by atoms with Gasteiger partial charge in [-0.1, -0.05) is 18.7 Å². The van der Waals surface area contributed by atoms with E-state index in [0.717, 1.165) is 18.2 Å². The molecular formula is C9H15N3O4S. The van der Waals surface area contributed by atoms with Gasteiger partial charge >= 0.3 is 11.7 Å². The van der Waals surface area contributed by atoms with E-state index in [1.807, 2.05) is 6.92 Å². The second-order valence-corrected chi connectivity index (χ2v) is 4.53. The summed E-state index contributed by atoms with van der Waals surface area (Å²) in [7, 11) is 1.43. The summed E-state index contributed by atoms with van der Waals surface area (Å²) in [6, 6.07) is 0. The van der Waals surface area contributed by atoms with E-state index in [-0.39, 0.29) is 12.3 Å². The van der Waals surface area contributed by atoms with E-state index in [2.05, 4.69) is 10.2 Å². The quantitative estimate of drug-likeness (QED) is 0.679. The molecule has 0 aromatic carbocycles. The van der Waals surface area contributed by atoms with Gasteiger partial charge in [-0.3, -0.25) is 9.36 Å². The van der Waals surface area contributed by atoms with Crippen LogP contribution < -0.4 is 5.69 Å². The van der Waals surface area contributed by atoms with Gasteiger partial charge in [-0.25, -0.2) is 9.89 Å². The van der Waals surface area contributed by atoms with Crippen molar-refractivity contribution in [2.24, 2.45) is 0 Å². The Hall–Kier alpha value is -1.28. The normalized spacial score (nSPS) is 12.6. The molecular weight excluding hydrogens is 246 g/mol. The number of carboxylic acid groups (broad SMARTS) is 1. The third kappa shape index (κ3) is 3.60. The maximum absolute atomic E-state index is 11.4. The number of nitrogens with zero attached hydrogens (tertiary/aromatic N) is 2. The number of aromatic amines is 1. The first-order valence-electron chi connectivity index (χ1n) is 5.13. The van der Waals surface area contributed by atoms with Gasteiger partial charge in [0.1, 0.15) is 5.25 Å². The molecule has 0 aliphatic carbocycles. The number of ether oxygens (including phenoxy) is 1. The first kappa shape index (κ1) is 13.8. The van der Waals surface area contributed by atoms with Crippen molar-refractivity contribution >= 4 is 17.7 Å². The summed E-state index contributed by atoms with van der Waals surface area (Å²) in [6.45, 7) is 2.50. The fraction of sp³-hybridized carbons (Fsp3) is 0.667. The molecule has 0 saturated carbocycles. The lowest BCUT2D eigenvalue weighted by atomic mass is 10.5. The van der Waals surface area contributed by atoms with Gasteiger partial charge in [0.15, 0.2) is 5.16 Å². The summed E-state index contributed by atoms with van der Waals surface area (Å²) >= 11 is 1.00. The number of carboxylic acids is 1. The highest BCUT2D eigenvalue weighted by Crippen LogP contribution is 2.20. The second-order valence-electron chi connectivity index (χ2n) is 3.36. The van der Waals surface area contributed by atoms with Crippen molar-refractivity contribution in [3.05, 3.63) is 10.5 Å². The molecule has 0 spiro atoms. The molecule has 2 N–H and O–H groups in total. The fourth-order valence-corrected chi connectivity index (χ4v) is 2.21. The number of aromatic nitrogens is 3. The van der Waals surface area contributed by atoms with Gasteiger partial charge in [0, 0.05) is 13.7 Å². The molecule has 1 unspecified atom stereocenters. The Labute approximate surface area is 102 Å². The van der Waals surface area contributed by atoms with Crippen molar-refractivity contribution in [2.75, 3.05) is 13.7 Å². The number of H-pyrrole nitrogens is 1. The highest BCUT2D eigenvalue weighted by Gasteiger charge is 2.22. The van der Waals surface area contributed by atoms with E-state index in [1.54, 1.807) is 0 Å². The Morgan fingerprint density at radius 1 is 1.71 bits per heavy atom. The first-order valence-corrected chi connectivity index (χ1v) is 6.01. The van der Waals surface area contributed by atoms with Crippen molar-refractivity contribution in [3.8, 4) is 0 Å². The maximum Gasteiger partial charge on any atom is 0.343 e. The molecule has 0 aliphatic rings. The van der Waals surface area contributed by atoms with Crippen molar-refractivity contribution in [2.45, 2.75) is 30.3 Å². The lowest BCUT2D eigenvalue weighted by molar-refractivity contribution is -0.137. The van der Waals surface area contributed by atoms with E-state index in [1.165, 1.54) is 11.7 Å². The number of hydrogen-bond donors (Lipinski definition) is 2. The molecule has 1 aromatic heterocycles. The number of thioether (sulfide) groups is 1. The van der Waals surface area contributed by atoms with Gasteiger partial charge in [-0.2, -0.15) is 0 Å². The molecule has 0 amide bonds. The molecule has 1 atom stereocenters. The highest BCUT2D eigenvalue weighted by molar-refractivity contribution is 8.00. The van der Waals surface area contributed by atoms with E-state index in [4.69, 9.17) is 9.84 Å². The monoisotopic (exact) mass is 261 g/mol. The second kappa shape index (κ2) is 6.45. The summed E-state index contributed by atoms with van der Waals surface area (Å²) in [6.07, 6.45) is 0.773. The van der Waals surface area contributed by atoms with Crippen LogP contribution in [-0.4, -0.2) is 44.8 Å². The molecule has 17 heavy (non-hydrogen) atoms. The summed E-state index contributed by atoms with van der Waals surface area (Å²) in [5.74, 6) is -0.990. The zero-order valence-corrected chi connectivity index (χ0v) is 10.5. The molecule has 1 heterocycles. The predicted octanol–water partition coefficient (Wildman–Crippen LogP) is 0.173. The van der Waals surface area contributed by atoms with Gasteiger partial charge in [0.25, 0.3) is 0 Å². The third-order valence-electron chi connectivity index (χ3n) is 2.01. The standard InChI is InChI=1S/C9H15N3O4S/c1-3-4-12-8(15)10-11-9(12)17-6(5-16-2)7(13)14/h6H,3-5H2,1-2H3,(H,10,15)(H,13,14). The van der Waals surface area contributed by atoms with Gasteiger partial charge < -0.3 is 9.84 Å². The fourth-order valence-electron chi connectivity index (χ4n) is 1.25. The summed E-state index contributed by atoms with van der Waals surface area (Å²) in [5, 5.41) is 14.7. The lowest BCUT2D eigenvalue weighted by Crippen LogP contribution is -2.23. The van der Waals surface area contributed by atoms with E-state index in [0.29, 0.717) is 11.7 Å². The van der Waals surface area contributed by atoms with Crippen molar-refractivity contribution in [3.63, 3.8) is 0 Å². The maximum atomic E-state index is 11.4. The molecule has 1 aromatic rings. The van der Waals surface area contributed by atoms with Gasteiger partial charge in [0.05, 0.1) is 6.61 Å². The number of nitrogens with one attached hydrogen (secondary N) is 1. The number of rotatable bonds is 7. The summed E-state index contributed by atoms with van der Waals surface area (Å²) < 4.78 is 6.24. The van der Waals surface area contributed by atoms with Crippen LogP contribution >= 0.6 is 11.8 Å². The van der Waals surface area contributed by atoms with E-state index in [9.17, 15) is 9.59 Å². The van der Waals surface area contributed by atoms with Crippen molar-refractivity contribution < 1.29 is 14.6 Å². The molecule has 8 heteroatoms. The number of methoxy groups -OCH3 is 1. The van der Waals surface area contributed by atoms with Gasteiger partial charge in [-0.05, 0) is 6.42 Å². The molecule has 0 saturated heterocycles. The molecule has 96 valence electrons. The summed E-state index contributed by atoms with van der Waals surface area (Å²) in [5.41, 5.74) is -0.323. The minimum absolute atomic E-state index is 0.0627. The topological polar surface area (TPSA) is 97.2 Å². The van der Waals surface area contributed by atoms with Crippen LogP contribution in [0, 0.1) is 0 Å². The average molecular weight is 261 g/mol. The molecule has 0 fully saturated rings. The van der Waals surface area contributed by atoms with Crippen LogP contribution in [0.4, 0.5) is 0 Å². The number of aliphatic carboxylic acids is 1. The highest BCUT2D eigenvalue weighted by atomic mass is 32.2. The molecule has 0 radical (unpaired) electrons. The lowest BCUT2D eigenvalue weighted by Gasteiger charge is -2.10. The van der Waals surface area contributed by atoms with Gasteiger partial charge in [0.2, 0.25) is 0 Å². The minimum Gasteiger partial charge on any atom is -0.480 e. The average Bonchev–Trinajstić information content (AvgIpc) is 2.61. The van der Waals surface area contributed by atoms with Crippen molar-refractivity contribution in [1.82, 2.24) is 14.8 Å². The first-order chi connectivity index (χ1) is 8.10. The smallest absolute Gasteiger partial charge is 0.343 e.